The summed E-state index contributed by atoms with van der Waals surface area (Å²) in [7, 11) is 20.9. The van der Waals surface area contributed by atoms with E-state index in [1.54, 1.807) is 133 Å². The SMILES string of the molecule is CCCN(c1cc(OC)cc(OC)c1)c1ccc2ncc(-c3cnn(C)c3CCO)nc2c1.COc1cc(OC)cc(N(CCCNC(=O)C(C)(F)F)c2ccc3ncc(-c4cn[nH]c4)nc3c2)c1.COc1cc(OC)cc(N(CCN(C)C)c2ccc3ncc(-c4cnn(C)c4)nc3c2)c1.COc1cc(OC)cc(N(CCO)c2ccc3ncc(-c4cnn(C5CCN(C(=O)OC(C)(C)C)CC5)c4)nc3c2)c1. The van der Waals surface area contributed by atoms with Crippen LogP contribution in [0.3, 0.4) is 0 Å². The van der Waals surface area contributed by atoms with Crippen LogP contribution in [0.25, 0.3) is 89.2 Å². The molecule has 0 saturated carbocycles. The number of nitrogens with zero attached hydrogens (tertiary/aromatic N) is 21. The fourth-order valence-corrected chi connectivity index (χ4v) is 16.2. The molecule has 0 atom stereocenters. The van der Waals surface area contributed by atoms with Crippen molar-refractivity contribution >= 4 is 102 Å². The summed E-state index contributed by atoms with van der Waals surface area (Å²) in [6.07, 6.45) is 22.9. The number of aryl methyl sites for hydroxylation is 2. The number of H-pyrrole nitrogens is 1. The average Bonchev–Trinajstić information content (AvgIpc) is 1.03. The Balaban J connectivity index is 0.000000152. The zero-order valence-corrected chi connectivity index (χ0v) is 83.4. The van der Waals surface area contributed by atoms with Gasteiger partial charge >= 0.3 is 12.0 Å². The number of aliphatic hydroxyl groups is 2. The lowest BCUT2D eigenvalue weighted by Crippen LogP contribution is -2.42. The quantitative estimate of drug-likeness (QED) is 0.0268. The van der Waals surface area contributed by atoms with Crippen LogP contribution in [-0.2, 0) is 30.0 Å². The molecule has 8 aromatic carbocycles. The lowest BCUT2D eigenvalue weighted by Gasteiger charge is -2.33. The van der Waals surface area contributed by atoms with Crippen molar-refractivity contribution in [3.05, 3.63) is 219 Å². The van der Waals surface area contributed by atoms with E-state index < -0.39 is 17.4 Å². The number of amides is 2. The molecule has 0 spiro atoms. The fourth-order valence-electron chi connectivity index (χ4n) is 16.2. The van der Waals surface area contributed by atoms with Crippen LogP contribution in [0.2, 0.25) is 0 Å². The molecule has 38 heteroatoms. The second kappa shape index (κ2) is 47.3. The normalized spacial score (nSPS) is 12.1. The number of carbonyl (C=O) groups is 2. The second-order valence-electron chi connectivity index (χ2n) is 35.0. The summed E-state index contributed by atoms with van der Waals surface area (Å²) in [5, 5.41) is 41.5. The van der Waals surface area contributed by atoms with Gasteiger partial charge in [0.15, 0.2) is 0 Å². The number of piperidine rings is 1. The van der Waals surface area contributed by atoms with E-state index in [9.17, 15) is 28.6 Å². The van der Waals surface area contributed by atoms with Crippen LogP contribution in [0, 0.1) is 0 Å². The number of carbonyl (C=O) groups excluding carboxylic acids is 2. The summed E-state index contributed by atoms with van der Waals surface area (Å²) < 4.78 is 81.1. The Bertz CT molecular complexity index is 6920. The summed E-state index contributed by atoms with van der Waals surface area (Å²) in [5.74, 6) is 0.733. The van der Waals surface area contributed by atoms with E-state index >= 15 is 0 Å². The third-order valence-corrected chi connectivity index (χ3v) is 23.6. The van der Waals surface area contributed by atoms with Gasteiger partial charge in [0.25, 0.3) is 5.91 Å². The number of aromatic amines is 1. The monoisotopic (exact) mass is 1950 g/mol. The number of anilines is 8. The molecule has 143 heavy (non-hydrogen) atoms. The van der Waals surface area contributed by atoms with Crippen molar-refractivity contribution in [3.8, 4) is 91.0 Å². The first-order chi connectivity index (χ1) is 69.0. The lowest BCUT2D eigenvalue weighted by molar-refractivity contribution is -0.142. The number of likely N-dealkylation sites (tertiary alicyclic amines) is 1. The first-order valence-electron chi connectivity index (χ1n) is 46.6. The number of halogens is 2. The minimum Gasteiger partial charge on any atom is -0.497 e. The number of nitrogens with one attached hydrogen (secondary N) is 2. The standard InChI is InChI=1S/C31H38N6O5.C25H26F2N6O3.C25H29N5O3.C24H28N6O2/c1-31(2,3)42-30(39)35-10-8-22(9-11-35)37-20-21(18-33-37)29-19-32-27-7-6-23(16-28(27)34-29)36(12-13-38)24-14-25(40-4)17-26(15-24)41-5;1-25(26,27)24(34)28-7-4-8-33(18-9-19(35-2)12-20(10-18)36-3)17-5-6-21-22(11-17)32-23(15-29-21)16-13-30-31-14-16;1-5-9-30(18-11-19(32-3)14-20(12-18)33-4)17-6-7-22-23(13-17)28-24(16-26-22)21-15-27-29(2)25(21)8-10-31;1-28(2)8-9-30(19-10-20(31-4)13-21(11-19)32-5)18-6-7-22-23(12-18)27-24(15-25-22)17-14-26-29(3)16-17/h6-7,14-20,22,38H,8-13H2,1-5H3;5-6,9-15H,4,7-8H2,1-3H3,(H,28,34)(H,30,31);6-7,11-16,31H,5,8-10H2,1-4H3;6-7,10-16H,8-9H2,1-5H3. The highest BCUT2D eigenvalue weighted by Crippen LogP contribution is 2.41. The van der Waals surface area contributed by atoms with Crippen molar-refractivity contribution in [1.29, 1.82) is 0 Å². The van der Waals surface area contributed by atoms with Crippen molar-refractivity contribution in [3.63, 3.8) is 0 Å². The predicted octanol–water partition coefficient (Wildman–Crippen LogP) is 17.4. The number of rotatable bonds is 35. The predicted molar refractivity (Wildman–Crippen MR) is 549 cm³/mol. The van der Waals surface area contributed by atoms with Gasteiger partial charge in [-0.3, -0.25) is 43.9 Å². The minimum absolute atomic E-state index is 0.0425. The Morgan fingerprint density at radius 3 is 1.22 bits per heavy atom. The molecule has 36 nitrogen and oxygen atoms in total. The smallest absolute Gasteiger partial charge is 0.410 e. The largest absolute Gasteiger partial charge is 0.497 e. The Kier molecular flexibility index (Phi) is 34.1. The van der Waals surface area contributed by atoms with Crippen LogP contribution in [0.15, 0.2) is 214 Å². The van der Waals surface area contributed by atoms with Gasteiger partial charge in [0, 0.05) is 251 Å². The number of likely N-dealkylation sites (N-methyl/N-ethyl adjacent to an activating group) is 1. The van der Waals surface area contributed by atoms with E-state index in [0.29, 0.717) is 91.4 Å². The summed E-state index contributed by atoms with van der Waals surface area (Å²) in [5.41, 5.74) is 20.2. The lowest BCUT2D eigenvalue weighted by atomic mass is 10.1. The van der Waals surface area contributed by atoms with E-state index in [4.69, 9.17) is 62.6 Å². The van der Waals surface area contributed by atoms with E-state index in [1.807, 2.05) is 177 Å². The van der Waals surface area contributed by atoms with Crippen LogP contribution < -0.4 is 62.8 Å². The Morgan fingerprint density at radius 1 is 0.448 bits per heavy atom. The zero-order valence-electron chi connectivity index (χ0n) is 83.4. The molecule has 9 heterocycles. The van der Waals surface area contributed by atoms with Gasteiger partial charge in [-0.15, -0.1) is 0 Å². The Morgan fingerprint density at radius 2 is 0.846 bits per heavy atom. The number of aliphatic hydroxyl groups excluding tert-OH is 2. The molecule has 17 rings (SSSR count). The molecule has 8 aromatic heterocycles. The number of ether oxygens (including phenoxy) is 9. The highest BCUT2D eigenvalue weighted by molar-refractivity contribution is 5.88. The van der Waals surface area contributed by atoms with Crippen LogP contribution in [0.1, 0.15) is 72.0 Å². The van der Waals surface area contributed by atoms with Gasteiger partial charge in [-0.1, -0.05) is 6.92 Å². The number of benzene rings is 8. The zero-order chi connectivity index (χ0) is 102. The fraction of sp³-hybridized carbons (Fsp3) is 0.333. The van der Waals surface area contributed by atoms with Crippen molar-refractivity contribution in [1.82, 2.24) is 94.5 Å². The third kappa shape index (κ3) is 26.2. The molecule has 4 N–H and O–H groups in total. The van der Waals surface area contributed by atoms with Crippen LogP contribution in [-0.4, -0.2) is 259 Å². The summed E-state index contributed by atoms with van der Waals surface area (Å²) in [4.78, 5) is 74.1. The maximum atomic E-state index is 13.2. The Hall–Kier alpha value is -16.0. The van der Waals surface area contributed by atoms with E-state index in [0.717, 1.165) is 180 Å². The topological polar surface area (TPSA) is 374 Å². The minimum atomic E-state index is -3.43. The molecule has 0 radical (unpaired) electrons. The van der Waals surface area contributed by atoms with Crippen molar-refractivity contribution in [2.75, 3.05) is 156 Å². The highest BCUT2D eigenvalue weighted by atomic mass is 19.3. The molecule has 1 fully saturated rings. The maximum absolute atomic E-state index is 13.2. The van der Waals surface area contributed by atoms with Gasteiger partial charge in [0.2, 0.25) is 0 Å². The first-order valence-corrected chi connectivity index (χ1v) is 46.6. The molecule has 1 aliphatic heterocycles. The molecule has 1 aliphatic rings. The molecule has 0 aliphatic carbocycles. The number of alkyl halides is 2. The average molecular weight is 1950 g/mol. The number of hydrogen-bond acceptors (Lipinski definition) is 30. The van der Waals surface area contributed by atoms with Crippen molar-refractivity contribution < 1.29 is 71.2 Å². The molecule has 748 valence electrons. The molecular formula is C105H121F2N23O13. The highest BCUT2D eigenvalue weighted by Gasteiger charge is 2.33. The van der Waals surface area contributed by atoms with E-state index in [-0.39, 0.29) is 31.9 Å². The molecule has 1 saturated heterocycles. The van der Waals surface area contributed by atoms with Gasteiger partial charge < -0.3 is 87.6 Å². The summed E-state index contributed by atoms with van der Waals surface area (Å²) in [6, 6.07) is 46.8. The molecular weight excluding hydrogens is 1830 g/mol. The second-order valence-corrected chi connectivity index (χ2v) is 35.0. The van der Waals surface area contributed by atoms with Gasteiger partial charge in [-0.2, -0.15) is 29.2 Å². The number of aromatic nitrogens is 16. The molecule has 16 aromatic rings. The number of methoxy groups -OCH3 is 8. The van der Waals surface area contributed by atoms with E-state index in [1.165, 1.54) is 0 Å². The van der Waals surface area contributed by atoms with Crippen molar-refractivity contribution in [2.45, 2.75) is 84.3 Å². The molecule has 2 amide bonds. The van der Waals surface area contributed by atoms with Gasteiger partial charge in [0.1, 0.15) is 51.6 Å². The van der Waals surface area contributed by atoms with Crippen LogP contribution in [0.4, 0.5) is 59.1 Å². The summed E-state index contributed by atoms with van der Waals surface area (Å²) in [6.45, 7) is 12.9. The Labute approximate surface area is 828 Å². The van der Waals surface area contributed by atoms with Crippen molar-refractivity contribution in [2.24, 2.45) is 14.1 Å². The van der Waals surface area contributed by atoms with Gasteiger partial charge in [-0.05, 0) is 133 Å². The summed E-state index contributed by atoms with van der Waals surface area (Å²) >= 11 is 0. The molecule has 0 bridgehead atoms. The third-order valence-electron chi connectivity index (χ3n) is 23.6. The van der Waals surface area contributed by atoms with Gasteiger partial charge in [0.05, 0.1) is 186 Å². The number of hydrogen-bond donors (Lipinski definition) is 4. The van der Waals surface area contributed by atoms with Crippen LogP contribution >= 0.6 is 0 Å². The molecule has 0 unspecified atom stereocenters. The van der Waals surface area contributed by atoms with Gasteiger partial charge in [-0.25, -0.2) is 24.7 Å². The maximum Gasteiger partial charge on any atom is 0.410 e. The van der Waals surface area contributed by atoms with E-state index in [2.05, 4.69) is 111 Å². The van der Waals surface area contributed by atoms with Crippen LogP contribution in [0.5, 0.6) is 46.0 Å². The first kappa shape index (κ1) is 103. The number of fused-ring (bicyclic) bond motifs is 4.